The zero-order valence-electron chi connectivity index (χ0n) is 11.6. The summed E-state index contributed by atoms with van der Waals surface area (Å²) in [4.78, 5) is 11.8. The molecule has 5 heteroatoms. The number of benzene rings is 2. The number of carbonyl (C=O) groups is 1. The molecule has 0 aromatic heterocycles. The fourth-order valence-electron chi connectivity index (χ4n) is 1.72. The molecule has 4 nitrogen and oxygen atoms in total. The largest absolute Gasteiger partial charge is 0.479 e. The van der Waals surface area contributed by atoms with E-state index in [1.54, 1.807) is 30.3 Å². The Kier molecular flexibility index (Phi) is 5.75. The predicted octanol–water partition coefficient (Wildman–Crippen LogP) is 4.00. The minimum absolute atomic E-state index is 0.00107. The number of rotatable bonds is 5. The van der Waals surface area contributed by atoms with Crippen LogP contribution in [0.1, 0.15) is 5.56 Å². The minimum atomic E-state index is -0.217. The molecular formula is C17H13BrN2O2. The summed E-state index contributed by atoms with van der Waals surface area (Å²) in [5, 5.41) is 11.2. The molecule has 0 atom stereocenters. The summed E-state index contributed by atoms with van der Waals surface area (Å²) < 4.78 is 6.10. The Labute approximate surface area is 137 Å². The molecule has 0 aliphatic carbocycles. The van der Waals surface area contributed by atoms with Gasteiger partial charge in [-0.2, -0.15) is 5.26 Å². The summed E-state index contributed by atoms with van der Waals surface area (Å²) in [5.41, 5.74) is 1.60. The molecule has 1 N–H and O–H groups in total. The fourth-order valence-corrected chi connectivity index (χ4v) is 2.13. The molecule has 0 saturated carbocycles. The van der Waals surface area contributed by atoms with Crippen LogP contribution >= 0.6 is 15.9 Å². The molecule has 0 saturated heterocycles. The molecule has 2 rings (SSSR count). The number of halogens is 1. The van der Waals surface area contributed by atoms with Crippen LogP contribution in [0.15, 0.2) is 59.1 Å². The molecule has 0 radical (unpaired) electrons. The quantitative estimate of drug-likeness (QED) is 0.823. The second kappa shape index (κ2) is 8.01. The molecule has 0 unspecified atom stereocenters. The van der Waals surface area contributed by atoms with Crippen LogP contribution in [0.4, 0.5) is 5.69 Å². The number of nitriles is 1. The first-order chi connectivity index (χ1) is 10.7. The van der Waals surface area contributed by atoms with Crippen molar-refractivity contribution in [2.75, 3.05) is 11.9 Å². The van der Waals surface area contributed by atoms with Crippen LogP contribution in [0.2, 0.25) is 0 Å². The van der Waals surface area contributed by atoms with Gasteiger partial charge in [0.1, 0.15) is 11.8 Å². The second-order valence-electron chi connectivity index (χ2n) is 4.35. The number of carbonyl (C=O) groups excluding carboxylic acids is 1. The van der Waals surface area contributed by atoms with Crippen molar-refractivity contribution in [1.82, 2.24) is 0 Å². The lowest BCUT2D eigenvalue weighted by molar-refractivity contribution is -0.111. The monoisotopic (exact) mass is 356 g/mol. The SMILES string of the molecule is N#CCOc1ccc(NC(=O)/C=C/c2cccc(Br)c2)cc1. The molecule has 0 fully saturated rings. The standard InChI is InChI=1S/C17H13BrN2O2/c18-14-3-1-2-13(12-14)4-9-17(21)20-15-5-7-16(8-6-15)22-11-10-19/h1-9,12H,11H2,(H,20,21)/b9-4+. The van der Waals surface area contributed by atoms with Crippen LogP contribution in [0.5, 0.6) is 5.75 Å². The zero-order chi connectivity index (χ0) is 15.8. The highest BCUT2D eigenvalue weighted by atomic mass is 79.9. The van der Waals surface area contributed by atoms with Crippen LogP contribution in [0, 0.1) is 11.3 Å². The van der Waals surface area contributed by atoms with Crippen molar-refractivity contribution in [2.45, 2.75) is 0 Å². The molecule has 0 spiro atoms. The lowest BCUT2D eigenvalue weighted by Crippen LogP contribution is -2.07. The van der Waals surface area contributed by atoms with Gasteiger partial charge in [0.2, 0.25) is 5.91 Å². The van der Waals surface area contributed by atoms with Crippen molar-refractivity contribution < 1.29 is 9.53 Å². The number of ether oxygens (including phenoxy) is 1. The first-order valence-electron chi connectivity index (χ1n) is 6.52. The molecule has 0 aliphatic rings. The van der Waals surface area contributed by atoms with E-state index in [-0.39, 0.29) is 12.5 Å². The lowest BCUT2D eigenvalue weighted by Gasteiger charge is -2.04. The van der Waals surface area contributed by atoms with E-state index >= 15 is 0 Å². The van der Waals surface area contributed by atoms with Gasteiger partial charge in [-0.15, -0.1) is 0 Å². The van der Waals surface area contributed by atoms with E-state index in [4.69, 9.17) is 10.00 Å². The molecule has 110 valence electrons. The van der Waals surface area contributed by atoms with E-state index in [1.807, 2.05) is 30.3 Å². The van der Waals surface area contributed by atoms with E-state index in [1.165, 1.54) is 6.08 Å². The summed E-state index contributed by atoms with van der Waals surface area (Å²) in [7, 11) is 0. The third-order valence-corrected chi connectivity index (χ3v) is 3.19. The highest BCUT2D eigenvalue weighted by Gasteiger charge is 1.99. The molecule has 1 amide bonds. The number of nitrogens with one attached hydrogen (secondary N) is 1. The molecule has 2 aromatic carbocycles. The highest BCUT2D eigenvalue weighted by molar-refractivity contribution is 9.10. The Morgan fingerprint density at radius 2 is 2.05 bits per heavy atom. The van der Waals surface area contributed by atoms with Crippen molar-refractivity contribution in [3.8, 4) is 11.8 Å². The lowest BCUT2D eigenvalue weighted by atomic mass is 10.2. The van der Waals surface area contributed by atoms with Crippen molar-refractivity contribution in [1.29, 1.82) is 5.26 Å². The van der Waals surface area contributed by atoms with E-state index in [0.29, 0.717) is 11.4 Å². The minimum Gasteiger partial charge on any atom is -0.479 e. The van der Waals surface area contributed by atoms with E-state index < -0.39 is 0 Å². The van der Waals surface area contributed by atoms with E-state index in [2.05, 4.69) is 21.2 Å². The first kappa shape index (κ1) is 15.8. The van der Waals surface area contributed by atoms with Crippen LogP contribution < -0.4 is 10.1 Å². The Morgan fingerprint density at radius 1 is 1.27 bits per heavy atom. The average molecular weight is 357 g/mol. The smallest absolute Gasteiger partial charge is 0.248 e. The molecule has 0 aliphatic heterocycles. The summed E-state index contributed by atoms with van der Waals surface area (Å²) in [6.45, 7) is 0.00107. The molecule has 0 heterocycles. The number of anilines is 1. The van der Waals surface area contributed by atoms with Crippen molar-refractivity contribution in [2.24, 2.45) is 0 Å². The van der Waals surface area contributed by atoms with Gasteiger partial charge in [-0.25, -0.2) is 0 Å². The maximum atomic E-state index is 11.8. The van der Waals surface area contributed by atoms with Crippen LogP contribution in [0.25, 0.3) is 6.08 Å². The van der Waals surface area contributed by atoms with Crippen molar-refractivity contribution >= 4 is 33.6 Å². The normalized spacial score (nSPS) is 10.2. The zero-order valence-corrected chi connectivity index (χ0v) is 13.2. The maximum Gasteiger partial charge on any atom is 0.248 e. The average Bonchev–Trinajstić information content (AvgIpc) is 2.52. The van der Waals surface area contributed by atoms with Gasteiger partial charge in [-0.3, -0.25) is 4.79 Å². The summed E-state index contributed by atoms with van der Waals surface area (Å²) in [5.74, 6) is 0.370. The third kappa shape index (κ3) is 5.08. The van der Waals surface area contributed by atoms with Crippen LogP contribution in [-0.2, 0) is 4.79 Å². The number of hydrogen-bond acceptors (Lipinski definition) is 3. The number of hydrogen-bond donors (Lipinski definition) is 1. The van der Waals surface area contributed by atoms with Crippen LogP contribution in [-0.4, -0.2) is 12.5 Å². The van der Waals surface area contributed by atoms with Gasteiger partial charge >= 0.3 is 0 Å². The van der Waals surface area contributed by atoms with Gasteiger partial charge in [-0.1, -0.05) is 28.1 Å². The van der Waals surface area contributed by atoms with Crippen LogP contribution in [0.3, 0.4) is 0 Å². The number of amides is 1. The predicted molar refractivity (Wildman–Crippen MR) is 89.4 cm³/mol. The second-order valence-corrected chi connectivity index (χ2v) is 5.26. The fraction of sp³-hybridized carbons (Fsp3) is 0.0588. The van der Waals surface area contributed by atoms with Crippen molar-refractivity contribution in [3.63, 3.8) is 0 Å². The molecule has 22 heavy (non-hydrogen) atoms. The first-order valence-corrected chi connectivity index (χ1v) is 7.31. The van der Waals surface area contributed by atoms with Crippen molar-refractivity contribution in [3.05, 3.63) is 64.6 Å². The molecule has 2 aromatic rings. The van der Waals surface area contributed by atoms with Gasteiger partial charge in [-0.05, 0) is 48.0 Å². The van der Waals surface area contributed by atoms with Gasteiger partial charge in [0.15, 0.2) is 6.61 Å². The highest BCUT2D eigenvalue weighted by Crippen LogP contribution is 2.16. The topological polar surface area (TPSA) is 62.1 Å². The third-order valence-electron chi connectivity index (χ3n) is 2.70. The van der Waals surface area contributed by atoms with Gasteiger partial charge < -0.3 is 10.1 Å². The number of nitrogens with zero attached hydrogens (tertiary/aromatic N) is 1. The van der Waals surface area contributed by atoms with Gasteiger partial charge in [0.05, 0.1) is 0 Å². The van der Waals surface area contributed by atoms with Gasteiger partial charge in [0.25, 0.3) is 0 Å². The Hall–Kier alpha value is -2.58. The molecular weight excluding hydrogens is 344 g/mol. The molecule has 0 bridgehead atoms. The van der Waals surface area contributed by atoms with Gasteiger partial charge in [0, 0.05) is 16.2 Å². The summed E-state index contributed by atoms with van der Waals surface area (Å²) in [6, 6.07) is 16.4. The Bertz CT molecular complexity index is 718. The van der Waals surface area contributed by atoms with E-state index in [9.17, 15) is 4.79 Å². The van der Waals surface area contributed by atoms with E-state index in [0.717, 1.165) is 10.0 Å². The Morgan fingerprint density at radius 3 is 2.73 bits per heavy atom. The summed E-state index contributed by atoms with van der Waals surface area (Å²) in [6.07, 6.45) is 3.21. The maximum absolute atomic E-state index is 11.8. The summed E-state index contributed by atoms with van der Waals surface area (Å²) >= 11 is 3.38. The Balaban J connectivity index is 1.93.